The number of rotatable bonds is 6. The zero-order chi connectivity index (χ0) is 11.4. The lowest BCUT2D eigenvalue weighted by Crippen LogP contribution is -2.53. The van der Waals surface area contributed by atoms with E-state index in [1.165, 1.54) is 12.6 Å². The van der Waals surface area contributed by atoms with Gasteiger partial charge in [0.2, 0.25) is 0 Å². The third-order valence-electron chi connectivity index (χ3n) is 2.71. The molecule has 3 heteroatoms. The summed E-state index contributed by atoms with van der Waals surface area (Å²) >= 11 is 0. The molecule has 0 spiro atoms. The van der Waals surface area contributed by atoms with E-state index in [2.05, 4.69) is 57.3 Å². The Morgan fingerprint density at radius 1 is 1.21 bits per heavy atom. The van der Waals surface area contributed by atoms with Gasteiger partial charge in [0, 0.05) is 5.67 Å². The first kappa shape index (κ1) is 14.1. The average molecular weight is 230 g/mol. The molecule has 0 rings (SSSR count). The van der Waals surface area contributed by atoms with Crippen LogP contribution < -0.4 is 5.32 Å². The first-order valence-electron chi connectivity index (χ1n) is 5.60. The van der Waals surface area contributed by atoms with Gasteiger partial charge < -0.3 is 5.32 Å². The minimum atomic E-state index is -1.23. The van der Waals surface area contributed by atoms with E-state index < -0.39 is 16.1 Å². The Balaban J connectivity index is 4.24. The van der Waals surface area contributed by atoms with E-state index in [9.17, 15) is 0 Å². The van der Waals surface area contributed by atoms with E-state index in [1.807, 2.05) is 0 Å². The number of hydrogen-bond donors (Lipinski definition) is 1. The van der Waals surface area contributed by atoms with Gasteiger partial charge in [-0.05, 0) is 12.6 Å². The van der Waals surface area contributed by atoms with Crippen molar-refractivity contribution in [2.45, 2.75) is 51.7 Å². The molecule has 0 radical (unpaired) electrons. The maximum Gasteiger partial charge on any atom is 0.0889 e. The van der Waals surface area contributed by atoms with E-state index in [-0.39, 0.29) is 0 Å². The maximum absolute atomic E-state index is 3.98. The quantitative estimate of drug-likeness (QED) is 0.690. The molecule has 1 N–H and O–H groups in total. The Hall–Kier alpha value is 0.134. The highest BCUT2D eigenvalue weighted by Crippen LogP contribution is 2.13. The van der Waals surface area contributed by atoms with Gasteiger partial charge in [-0.15, -0.1) is 12.3 Å². The van der Waals surface area contributed by atoms with Gasteiger partial charge in [0.05, 0.1) is 16.1 Å². The molecule has 0 aromatic rings. The Bertz CT molecular complexity index is 182. The largest absolute Gasteiger partial charge is 0.319 e. The van der Waals surface area contributed by atoms with Gasteiger partial charge >= 0.3 is 0 Å². The molecule has 1 atom stereocenters. The standard InChI is InChI=1S/C11H27NSi2/c1-8-11(14(6,7)9-2)12-10-13(3,4)5/h9,11-12H,2,8,10H2,1,3-7H3. The molecule has 0 bridgehead atoms. The fourth-order valence-electron chi connectivity index (χ4n) is 1.51. The number of hydrogen-bond acceptors (Lipinski definition) is 1. The van der Waals surface area contributed by atoms with Gasteiger partial charge in [-0.25, -0.2) is 0 Å². The van der Waals surface area contributed by atoms with Crippen LogP contribution in [0.5, 0.6) is 0 Å². The number of nitrogens with one attached hydrogen (secondary N) is 1. The molecule has 0 saturated carbocycles. The fraction of sp³-hybridized carbons (Fsp3) is 0.818. The summed E-state index contributed by atoms with van der Waals surface area (Å²) in [5, 5.41) is 3.75. The molecule has 14 heavy (non-hydrogen) atoms. The van der Waals surface area contributed by atoms with Gasteiger partial charge in [0.25, 0.3) is 0 Å². The van der Waals surface area contributed by atoms with Crippen molar-refractivity contribution < 1.29 is 0 Å². The second-order valence-corrected chi connectivity index (χ2v) is 16.2. The van der Waals surface area contributed by atoms with Crippen LogP contribution in [0.3, 0.4) is 0 Å². The van der Waals surface area contributed by atoms with Crippen molar-refractivity contribution in [2.75, 3.05) is 6.17 Å². The van der Waals surface area contributed by atoms with Crippen molar-refractivity contribution in [2.24, 2.45) is 0 Å². The maximum atomic E-state index is 3.98. The predicted molar refractivity (Wildman–Crippen MR) is 73.1 cm³/mol. The fourth-order valence-corrected chi connectivity index (χ4v) is 4.53. The molecule has 1 unspecified atom stereocenters. The van der Waals surface area contributed by atoms with E-state index in [1.54, 1.807) is 0 Å². The Morgan fingerprint density at radius 2 is 1.71 bits per heavy atom. The van der Waals surface area contributed by atoms with E-state index in [0.717, 1.165) is 0 Å². The second-order valence-electron chi connectivity index (χ2n) is 5.93. The van der Waals surface area contributed by atoms with Crippen LogP contribution >= 0.6 is 0 Å². The molecule has 0 fully saturated rings. The topological polar surface area (TPSA) is 12.0 Å². The van der Waals surface area contributed by atoms with Crippen LogP contribution in [-0.2, 0) is 0 Å². The normalized spacial score (nSPS) is 15.3. The van der Waals surface area contributed by atoms with Crippen molar-refractivity contribution in [3.05, 3.63) is 12.3 Å². The summed E-state index contributed by atoms with van der Waals surface area (Å²) in [7, 11) is -2.18. The van der Waals surface area contributed by atoms with Crippen molar-refractivity contribution in [3.63, 3.8) is 0 Å². The lowest BCUT2D eigenvalue weighted by molar-refractivity contribution is 0.660. The first-order valence-corrected chi connectivity index (χ1v) is 12.5. The summed E-state index contributed by atoms with van der Waals surface area (Å²) in [6, 6.07) is 0. The summed E-state index contributed by atoms with van der Waals surface area (Å²) in [6.07, 6.45) is 2.46. The summed E-state index contributed by atoms with van der Waals surface area (Å²) in [5.74, 6) is 0. The zero-order valence-electron chi connectivity index (χ0n) is 10.8. The second kappa shape index (κ2) is 5.28. The molecule has 0 saturated heterocycles. The monoisotopic (exact) mass is 229 g/mol. The van der Waals surface area contributed by atoms with E-state index in [4.69, 9.17) is 0 Å². The Morgan fingerprint density at radius 3 is 2.00 bits per heavy atom. The molecular formula is C11H27NSi2. The first-order chi connectivity index (χ1) is 6.23. The van der Waals surface area contributed by atoms with Crippen molar-refractivity contribution in [1.29, 1.82) is 0 Å². The van der Waals surface area contributed by atoms with Gasteiger partial charge in [0.1, 0.15) is 0 Å². The molecular weight excluding hydrogens is 202 g/mol. The van der Waals surface area contributed by atoms with Crippen LogP contribution in [-0.4, -0.2) is 28.0 Å². The van der Waals surface area contributed by atoms with Crippen molar-refractivity contribution in [1.82, 2.24) is 5.32 Å². The third-order valence-corrected chi connectivity index (χ3v) is 7.44. The summed E-state index contributed by atoms with van der Waals surface area (Å²) in [4.78, 5) is 0. The smallest absolute Gasteiger partial charge is 0.0889 e. The van der Waals surface area contributed by atoms with E-state index in [0.29, 0.717) is 5.67 Å². The molecule has 0 heterocycles. The lowest BCUT2D eigenvalue weighted by atomic mass is 10.5. The van der Waals surface area contributed by atoms with Gasteiger partial charge in [-0.3, -0.25) is 0 Å². The zero-order valence-corrected chi connectivity index (χ0v) is 12.8. The SMILES string of the molecule is C=C[Si](C)(C)C(CC)NC[Si](C)(C)C. The highest BCUT2D eigenvalue weighted by molar-refractivity contribution is 6.83. The van der Waals surface area contributed by atoms with Crippen LogP contribution in [0.4, 0.5) is 0 Å². The molecule has 0 aliphatic carbocycles. The van der Waals surface area contributed by atoms with Gasteiger partial charge in [-0.2, -0.15) is 0 Å². The van der Waals surface area contributed by atoms with Crippen LogP contribution in [0.15, 0.2) is 12.3 Å². The van der Waals surface area contributed by atoms with Crippen LogP contribution in [0.2, 0.25) is 32.7 Å². The van der Waals surface area contributed by atoms with Gasteiger partial charge in [0.15, 0.2) is 0 Å². The molecule has 0 aromatic heterocycles. The Kier molecular flexibility index (Phi) is 5.33. The predicted octanol–water partition coefficient (Wildman–Crippen LogP) is 3.20. The lowest BCUT2D eigenvalue weighted by Gasteiger charge is -2.32. The van der Waals surface area contributed by atoms with Crippen LogP contribution in [0.1, 0.15) is 13.3 Å². The molecule has 0 aromatic carbocycles. The molecule has 0 aliphatic rings. The molecule has 1 nitrogen and oxygen atoms in total. The Labute approximate surface area is 92.0 Å². The molecule has 0 amide bonds. The van der Waals surface area contributed by atoms with Crippen LogP contribution in [0.25, 0.3) is 0 Å². The highest BCUT2D eigenvalue weighted by Gasteiger charge is 2.28. The minimum Gasteiger partial charge on any atom is -0.319 e. The van der Waals surface area contributed by atoms with E-state index >= 15 is 0 Å². The third kappa shape index (κ3) is 5.12. The van der Waals surface area contributed by atoms with Crippen molar-refractivity contribution >= 4 is 16.1 Å². The van der Waals surface area contributed by atoms with Crippen molar-refractivity contribution in [3.8, 4) is 0 Å². The molecule has 0 aliphatic heterocycles. The highest BCUT2D eigenvalue weighted by atomic mass is 28.3. The minimum absolute atomic E-state index is 0.701. The summed E-state index contributed by atoms with van der Waals surface area (Å²) in [5.41, 5.74) is 2.91. The summed E-state index contributed by atoms with van der Waals surface area (Å²) < 4.78 is 0. The molecule has 84 valence electrons. The average Bonchev–Trinajstić information content (AvgIpc) is 2.03. The van der Waals surface area contributed by atoms with Gasteiger partial charge in [-0.1, -0.05) is 39.7 Å². The summed E-state index contributed by atoms with van der Waals surface area (Å²) in [6.45, 7) is 18.3. The van der Waals surface area contributed by atoms with Crippen LogP contribution in [0, 0.1) is 0 Å².